The quantitative estimate of drug-likeness (QED) is 0.674. The number of nitrogens with zero attached hydrogens (tertiary/aromatic N) is 1. The number of benzene rings is 2. The number of oxazole rings is 1. The highest BCUT2D eigenvalue weighted by Crippen LogP contribution is 2.32. The molecule has 3 aromatic rings. The van der Waals surface area contributed by atoms with Gasteiger partial charge >= 0.3 is 0 Å². The van der Waals surface area contributed by atoms with Crippen LogP contribution in [0.5, 0.6) is 0 Å². The maximum atomic E-state index is 5.81. The van der Waals surface area contributed by atoms with E-state index in [1.54, 1.807) is 6.26 Å². The van der Waals surface area contributed by atoms with E-state index in [1.165, 1.54) is 10.6 Å². The van der Waals surface area contributed by atoms with Crippen LogP contribution >= 0.6 is 7.92 Å². The molecule has 0 saturated carbocycles. The lowest BCUT2D eigenvalue weighted by molar-refractivity contribution is 0.594. The summed E-state index contributed by atoms with van der Waals surface area (Å²) in [5.41, 5.74) is 1.89. The lowest BCUT2D eigenvalue weighted by Gasteiger charge is -2.14. The summed E-state index contributed by atoms with van der Waals surface area (Å²) < 4.78 is 5.81. The van der Waals surface area contributed by atoms with Gasteiger partial charge in [0.25, 0.3) is 0 Å². The van der Waals surface area contributed by atoms with Crippen LogP contribution in [0.2, 0.25) is 0 Å². The smallest absolute Gasteiger partial charge is 0.225 e. The molecule has 0 spiro atoms. The van der Waals surface area contributed by atoms with Gasteiger partial charge in [0.15, 0.2) is 0 Å². The minimum atomic E-state index is -0.714. The van der Waals surface area contributed by atoms with Crippen molar-refractivity contribution in [3.05, 3.63) is 72.6 Å². The predicted molar refractivity (Wildman–Crippen MR) is 89.2 cm³/mol. The molecule has 0 unspecified atom stereocenters. The van der Waals surface area contributed by atoms with Crippen LogP contribution in [0, 0.1) is 0 Å². The van der Waals surface area contributed by atoms with E-state index >= 15 is 0 Å². The van der Waals surface area contributed by atoms with Crippen molar-refractivity contribution in [3.8, 4) is 0 Å². The molecule has 0 fully saturated rings. The van der Waals surface area contributed by atoms with E-state index < -0.39 is 7.92 Å². The molecule has 3 rings (SSSR count). The molecule has 0 aliphatic carbocycles. The molecule has 21 heavy (non-hydrogen) atoms. The predicted octanol–water partition coefficient (Wildman–Crippen LogP) is 3.39. The first-order valence-electron chi connectivity index (χ1n) is 7.23. The number of rotatable bonds is 5. The molecule has 0 amide bonds. The molecule has 0 aliphatic rings. The minimum Gasteiger partial charge on any atom is -0.444 e. The average Bonchev–Trinajstić information content (AvgIpc) is 2.98. The monoisotopic (exact) mass is 295 g/mol. The highest BCUT2D eigenvalue weighted by Gasteiger charge is 2.21. The van der Waals surface area contributed by atoms with Gasteiger partial charge < -0.3 is 4.42 Å². The molecule has 0 radical (unpaired) electrons. The van der Waals surface area contributed by atoms with Crippen molar-refractivity contribution in [1.82, 2.24) is 4.98 Å². The Morgan fingerprint density at radius 1 is 0.905 bits per heavy atom. The largest absolute Gasteiger partial charge is 0.444 e. The third kappa shape index (κ3) is 3.22. The van der Waals surface area contributed by atoms with Crippen LogP contribution in [0.3, 0.4) is 0 Å². The van der Waals surface area contributed by atoms with Crippen molar-refractivity contribution in [2.75, 3.05) is 0 Å². The maximum absolute atomic E-state index is 5.81. The molecule has 0 saturated heterocycles. The van der Waals surface area contributed by atoms with Crippen LogP contribution in [0.1, 0.15) is 19.0 Å². The van der Waals surface area contributed by atoms with Crippen molar-refractivity contribution in [1.29, 1.82) is 0 Å². The molecular weight excluding hydrogens is 277 g/mol. The molecule has 1 heterocycles. The van der Waals surface area contributed by atoms with Crippen molar-refractivity contribution >= 4 is 24.2 Å². The SMILES string of the molecule is CCCc1coc(P(c2ccccc2)c2ccccc2)n1. The molecular formula is C18H18NOP. The van der Waals surface area contributed by atoms with Gasteiger partial charge in [-0.3, -0.25) is 0 Å². The van der Waals surface area contributed by atoms with E-state index in [2.05, 4.69) is 55.5 Å². The first-order valence-corrected chi connectivity index (χ1v) is 8.57. The average molecular weight is 295 g/mol. The van der Waals surface area contributed by atoms with E-state index in [4.69, 9.17) is 9.40 Å². The van der Waals surface area contributed by atoms with Crippen LogP contribution in [0.15, 0.2) is 71.3 Å². The zero-order chi connectivity index (χ0) is 14.5. The molecule has 0 atom stereocenters. The molecule has 1 aromatic heterocycles. The lowest BCUT2D eigenvalue weighted by atomic mass is 10.3. The maximum Gasteiger partial charge on any atom is 0.225 e. The van der Waals surface area contributed by atoms with Crippen molar-refractivity contribution in [3.63, 3.8) is 0 Å². The first kappa shape index (κ1) is 14.0. The fourth-order valence-electron chi connectivity index (χ4n) is 2.29. The van der Waals surface area contributed by atoms with Gasteiger partial charge in [-0.15, -0.1) is 0 Å². The van der Waals surface area contributed by atoms with Crippen LogP contribution in [-0.2, 0) is 6.42 Å². The fraction of sp³-hybridized carbons (Fsp3) is 0.167. The van der Waals surface area contributed by atoms with Crippen LogP contribution in [-0.4, -0.2) is 4.98 Å². The molecule has 3 heteroatoms. The van der Waals surface area contributed by atoms with E-state index in [1.807, 2.05) is 12.1 Å². The Kier molecular flexibility index (Phi) is 4.47. The van der Waals surface area contributed by atoms with Crippen molar-refractivity contribution in [2.24, 2.45) is 0 Å². The normalized spacial score (nSPS) is 11.0. The summed E-state index contributed by atoms with van der Waals surface area (Å²) in [6.45, 7) is 2.16. The van der Waals surface area contributed by atoms with Crippen LogP contribution in [0.4, 0.5) is 0 Å². The summed E-state index contributed by atoms with van der Waals surface area (Å²) in [6.07, 6.45) is 3.86. The number of aryl methyl sites for hydroxylation is 1. The van der Waals surface area contributed by atoms with Gasteiger partial charge in [-0.05, 0) is 17.0 Å². The zero-order valence-corrected chi connectivity index (χ0v) is 13.0. The van der Waals surface area contributed by atoms with E-state index in [0.717, 1.165) is 24.2 Å². The van der Waals surface area contributed by atoms with Gasteiger partial charge in [-0.25, -0.2) is 4.98 Å². The topological polar surface area (TPSA) is 26.0 Å². The van der Waals surface area contributed by atoms with Gasteiger partial charge in [-0.2, -0.15) is 0 Å². The second kappa shape index (κ2) is 6.69. The summed E-state index contributed by atoms with van der Waals surface area (Å²) in [6, 6.07) is 21.0. The third-order valence-corrected chi connectivity index (χ3v) is 5.48. The number of aromatic nitrogens is 1. The summed E-state index contributed by atoms with van der Waals surface area (Å²) in [4.78, 5) is 4.72. The second-order valence-electron chi connectivity index (χ2n) is 4.88. The van der Waals surface area contributed by atoms with E-state index in [-0.39, 0.29) is 0 Å². The Morgan fingerprint density at radius 2 is 1.48 bits per heavy atom. The second-order valence-corrected chi connectivity index (χ2v) is 6.96. The van der Waals surface area contributed by atoms with Crippen LogP contribution < -0.4 is 16.2 Å². The number of hydrogen-bond acceptors (Lipinski definition) is 2. The van der Waals surface area contributed by atoms with Crippen molar-refractivity contribution in [2.45, 2.75) is 19.8 Å². The summed E-state index contributed by atoms with van der Waals surface area (Å²) in [7, 11) is -0.714. The Morgan fingerprint density at radius 3 is 2.00 bits per heavy atom. The van der Waals surface area contributed by atoms with Gasteiger partial charge in [0.05, 0.1) is 5.69 Å². The fourth-order valence-corrected chi connectivity index (χ4v) is 4.36. The first-order chi connectivity index (χ1) is 10.4. The Balaban J connectivity index is 2.03. The molecule has 2 nitrogen and oxygen atoms in total. The standard InChI is InChI=1S/C18H18NOP/c1-2-9-15-14-20-18(19-15)21(16-10-5-3-6-11-16)17-12-7-4-8-13-17/h3-8,10-14H,2,9H2,1H3. The van der Waals surface area contributed by atoms with Gasteiger partial charge in [0.2, 0.25) is 5.63 Å². The van der Waals surface area contributed by atoms with Crippen molar-refractivity contribution < 1.29 is 4.42 Å². The van der Waals surface area contributed by atoms with Gasteiger partial charge in [0, 0.05) is 7.92 Å². The molecule has 0 aliphatic heterocycles. The lowest BCUT2D eigenvalue weighted by Crippen LogP contribution is -2.21. The molecule has 106 valence electrons. The molecule has 0 bridgehead atoms. The summed E-state index contributed by atoms with van der Waals surface area (Å²) in [5.74, 6) is 0. The van der Waals surface area contributed by atoms with Crippen LogP contribution in [0.25, 0.3) is 0 Å². The van der Waals surface area contributed by atoms with Gasteiger partial charge in [-0.1, -0.05) is 74.0 Å². The zero-order valence-electron chi connectivity index (χ0n) is 12.1. The summed E-state index contributed by atoms with van der Waals surface area (Å²) in [5, 5.41) is 2.53. The Hall–Kier alpha value is -1.92. The minimum absolute atomic E-state index is 0.714. The Labute approximate surface area is 126 Å². The highest BCUT2D eigenvalue weighted by atomic mass is 31.1. The molecule has 0 N–H and O–H groups in total. The molecule has 2 aromatic carbocycles. The number of hydrogen-bond donors (Lipinski definition) is 0. The van der Waals surface area contributed by atoms with E-state index in [9.17, 15) is 0 Å². The summed E-state index contributed by atoms with van der Waals surface area (Å²) >= 11 is 0. The van der Waals surface area contributed by atoms with Gasteiger partial charge in [0.1, 0.15) is 6.26 Å². The van der Waals surface area contributed by atoms with E-state index in [0.29, 0.717) is 0 Å². The highest BCUT2D eigenvalue weighted by molar-refractivity contribution is 7.79. The Bertz CT molecular complexity index is 639. The third-order valence-electron chi connectivity index (χ3n) is 3.27.